The Morgan fingerprint density at radius 2 is 0.900 bits per heavy atom. The van der Waals surface area contributed by atoms with E-state index in [1.807, 2.05) is 138 Å². The summed E-state index contributed by atoms with van der Waals surface area (Å²) >= 11 is 0. The first kappa shape index (κ1) is 58.4. The highest BCUT2D eigenvalue weighted by Crippen LogP contribution is 2.42. The first-order valence-electron chi connectivity index (χ1n) is 26.3. The maximum Gasteiger partial charge on any atom is 0.305 e. The normalized spacial score (nSPS) is 11.7. The number of aryl methyl sites for hydroxylation is 1. The zero-order valence-electron chi connectivity index (χ0n) is 45.9. The number of ether oxygens (including phenoxy) is 4. The second-order valence-electron chi connectivity index (χ2n) is 20.0. The number of methoxy groups -OCH3 is 2. The number of benzene rings is 6. The van der Waals surface area contributed by atoms with Gasteiger partial charge in [-0.15, -0.1) is 0 Å². The van der Waals surface area contributed by atoms with Crippen LogP contribution in [0.25, 0.3) is 33.9 Å². The summed E-state index contributed by atoms with van der Waals surface area (Å²) in [5.41, 5.74) is 6.86. The van der Waals surface area contributed by atoms with Gasteiger partial charge in [0.2, 0.25) is 0 Å². The lowest BCUT2D eigenvalue weighted by atomic mass is 10.0. The number of hydrogen-bond donors (Lipinski definition) is 4. The topological polar surface area (TPSA) is 205 Å². The number of aromatic nitrogens is 4. The fraction of sp³-hybridized carbons (Fsp3) is 0.270. The Morgan fingerprint density at radius 3 is 1.26 bits per heavy atom. The molecule has 416 valence electrons. The molecule has 0 unspecified atom stereocenters. The van der Waals surface area contributed by atoms with Gasteiger partial charge in [-0.05, 0) is 116 Å². The van der Waals surface area contributed by atoms with Crippen molar-refractivity contribution in [3.8, 4) is 56.9 Å². The van der Waals surface area contributed by atoms with Gasteiger partial charge in [0.25, 0.3) is 11.8 Å². The highest BCUT2D eigenvalue weighted by atomic mass is 19.1. The highest BCUT2D eigenvalue weighted by molar-refractivity contribution is 5.95. The van der Waals surface area contributed by atoms with E-state index in [2.05, 4.69) is 20.8 Å². The monoisotopic (exact) mass is 1090 g/mol. The number of rotatable bonds is 24. The van der Waals surface area contributed by atoms with E-state index >= 15 is 0 Å². The molecule has 0 aliphatic carbocycles. The number of carbonyl (C=O) groups is 4. The first-order valence-corrected chi connectivity index (χ1v) is 26.3. The fourth-order valence-corrected chi connectivity index (χ4v) is 9.05. The van der Waals surface area contributed by atoms with Crippen molar-refractivity contribution in [1.29, 1.82) is 0 Å². The van der Waals surface area contributed by atoms with Crippen molar-refractivity contribution in [1.82, 2.24) is 30.2 Å². The molecule has 17 heteroatoms. The van der Waals surface area contributed by atoms with E-state index in [0.29, 0.717) is 77.3 Å². The third-order valence-electron chi connectivity index (χ3n) is 12.7. The number of amides is 2. The molecule has 0 radical (unpaired) electrons. The predicted octanol–water partition coefficient (Wildman–Crippen LogP) is 11.9. The zero-order chi connectivity index (χ0) is 57.3. The predicted molar refractivity (Wildman–Crippen MR) is 303 cm³/mol. The molecule has 80 heavy (non-hydrogen) atoms. The average molecular weight is 1090 g/mol. The van der Waals surface area contributed by atoms with Crippen molar-refractivity contribution >= 4 is 23.8 Å². The summed E-state index contributed by atoms with van der Waals surface area (Å²) < 4.78 is 40.9. The van der Waals surface area contributed by atoms with Gasteiger partial charge in [0.05, 0.1) is 61.0 Å². The van der Waals surface area contributed by atoms with Gasteiger partial charge in [-0.2, -0.15) is 10.2 Å². The Hall–Kier alpha value is -9.25. The number of aliphatic carboxylic acids is 2. The summed E-state index contributed by atoms with van der Waals surface area (Å²) in [5.74, 6) is -0.823. The smallest absolute Gasteiger partial charge is 0.305 e. The van der Waals surface area contributed by atoms with Crippen LogP contribution in [0.4, 0.5) is 4.39 Å². The van der Waals surface area contributed by atoms with Crippen LogP contribution in [-0.4, -0.2) is 79.8 Å². The van der Waals surface area contributed by atoms with E-state index < -0.39 is 41.7 Å². The molecule has 0 spiro atoms. The molecular formula is C63H67FN6O10. The zero-order valence-corrected chi connectivity index (χ0v) is 45.9. The number of hydrogen-bond acceptors (Lipinski definition) is 10. The number of nitrogens with zero attached hydrogens (tertiary/aromatic N) is 4. The van der Waals surface area contributed by atoms with E-state index in [1.165, 1.54) is 23.9 Å². The number of nitrogens with one attached hydrogen (secondary N) is 2. The van der Waals surface area contributed by atoms with E-state index in [1.54, 1.807) is 54.3 Å². The third kappa shape index (κ3) is 15.9. The number of halogens is 1. The molecule has 8 rings (SSSR count). The molecule has 0 bridgehead atoms. The van der Waals surface area contributed by atoms with Gasteiger partial charge in [0.1, 0.15) is 42.0 Å². The maximum atomic E-state index is 13.8. The van der Waals surface area contributed by atoms with Crippen LogP contribution >= 0.6 is 0 Å². The second kappa shape index (κ2) is 27.9. The number of carboxylic acids is 2. The molecule has 0 aliphatic rings. The van der Waals surface area contributed by atoms with E-state index in [9.17, 15) is 33.8 Å². The molecule has 8 aromatic rings. The third-order valence-corrected chi connectivity index (χ3v) is 12.7. The Morgan fingerprint density at radius 1 is 0.525 bits per heavy atom. The maximum absolute atomic E-state index is 13.8. The van der Waals surface area contributed by atoms with Crippen LogP contribution in [0.1, 0.15) is 91.0 Å². The molecular weight excluding hydrogens is 1020 g/mol. The molecule has 2 atom stereocenters. The Labute approximate surface area is 465 Å². The van der Waals surface area contributed by atoms with Crippen LogP contribution in [0, 0.1) is 24.6 Å². The molecule has 0 saturated carbocycles. The van der Waals surface area contributed by atoms with Crippen LogP contribution in [0.5, 0.6) is 23.0 Å². The van der Waals surface area contributed by atoms with Crippen LogP contribution in [0.2, 0.25) is 0 Å². The van der Waals surface area contributed by atoms with Crippen molar-refractivity contribution in [2.75, 3.05) is 14.2 Å². The lowest BCUT2D eigenvalue weighted by Crippen LogP contribution is -2.37. The summed E-state index contributed by atoms with van der Waals surface area (Å²) in [6.45, 7) is 10.5. The van der Waals surface area contributed by atoms with Crippen molar-refractivity contribution in [2.24, 2.45) is 11.8 Å². The Kier molecular flexibility index (Phi) is 20.4. The number of carbonyl (C=O) groups excluding carboxylic acids is 2. The number of carboxylic acid groups (broad SMARTS) is 2. The lowest BCUT2D eigenvalue weighted by Gasteiger charge is -2.18. The van der Waals surface area contributed by atoms with E-state index in [-0.39, 0.29) is 36.1 Å². The minimum atomic E-state index is -1.00. The van der Waals surface area contributed by atoms with Gasteiger partial charge in [0, 0.05) is 12.1 Å². The summed E-state index contributed by atoms with van der Waals surface area (Å²) in [7, 11) is 3.12. The molecule has 0 aliphatic heterocycles. The molecule has 0 saturated heterocycles. The largest absolute Gasteiger partial charge is 0.496 e. The standard InChI is InChI=1S/C32H35N3O5.C31H32FN3O5/c1-21(2)17-24(18-30(36)37)33-32(38)26-19-27(35(34-26)25-15-13-22(3)14-16-25)31-28(39-4)11-8-12-29(31)40-20-23-9-6-5-7-10-23;1-20(2)16-23(17-29(36)37)33-31(38)25-18-26(35(34-25)24-14-12-22(32)13-15-24)30-27(39-3)10-7-11-28(30)40-19-21-8-5-4-6-9-21/h5-16,19,21,24H,17-18,20H2,1-4H3,(H,33,38)(H,36,37);4-15,18,20,23H,16-17,19H2,1-3H3,(H,33,38)(H,36,37)/t24-;23-/m00/s1. The molecule has 2 heterocycles. The van der Waals surface area contributed by atoms with Gasteiger partial charge < -0.3 is 39.8 Å². The molecule has 6 aromatic carbocycles. The van der Waals surface area contributed by atoms with Gasteiger partial charge >= 0.3 is 11.9 Å². The lowest BCUT2D eigenvalue weighted by molar-refractivity contribution is -0.138. The van der Waals surface area contributed by atoms with Crippen molar-refractivity contribution in [2.45, 2.75) is 85.6 Å². The molecule has 4 N–H and O–H groups in total. The van der Waals surface area contributed by atoms with Crippen LogP contribution in [0.15, 0.2) is 158 Å². The Bertz CT molecular complexity index is 3120. The van der Waals surface area contributed by atoms with Gasteiger partial charge in [-0.25, -0.2) is 13.8 Å². The summed E-state index contributed by atoms with van der Waals surface area (Å²) in [6.07, 6.45) is 0.653. The summed E-state index contributed by atoms with van der Waals surface area (Å²) in [6, 6.07) is 46.2. The summed E-state index contributed by atoms with van der Waals surface area (Å²) in [5, 5.41) is 33.6. The summed E-state index contributed by atoms with van der Waals surface area (Å²) in [4.78, 5) is 49.6. The minimum Gasteiger partial charge on any atom is -0.496 e. The van der Waals surface area contributed by atoms with Gasteiger partial charge in [0.15, 0.2) is 11.4 Å². The first-order chi connectivity index (χ1) is 38.5. The molecule has 16 nitrogen and oxygen atoms in total. The Balaban J connectivity index is 0.000000231. The SMILES string of the molecule is COc1cccc(OCc2ccccc2)c1-c1cc(C(=O)N[C@H](CC(=O)O)CC(C)C)nn1-c1ccc(C)cc1.COc1cccc(OCc2ccccc2)c1-c1cc(C(=O)N[C@H](CC(=O)O)CC(C)C)nn1-c1ccc(F)cc1. The molecule has 0 fully saturated rings. The van der Waals surface area contributed by atoms with Gasteiger partial charge in [-0.3, -0.25) is 19.2 Å². The molecule has 2 amide bonds. The van der Waals surface area contributed by atoms with Crippen LogP contribution in [-0.2, 0) is 22.8 Å². The average Bonchev–Trinajstić information content (AvgIpc) is 4.22. The second-order valence-corrected chi connectivity index (χ2v) is 20.0. The van der Waals surface area contributed by atoms with E-state index in [0.717, 1.165) is 22.4 Å². The van der Waals surface area contributed by atoms with E-state index in [4.69, 9.17) is 18.9 Å². The quantitative estimate of drug-likeness (QED) is 0.0446. The van der Waals surface area contributed by atoms with Gasteiger partial charge in [-0.1, -0.05) is 118 Å². The highest BCUT2D eigenvalue weighted by Gasteiger charge is 2.27. The molecule has 2 aromatic heterocycles. The minimum absolute atomic E-state index is 0.0679. The van der Waals surface area contributed by atoms with Crippen molar-refractivity contribution < 1.29 is 52.7 Å². The van der Waals surface area contributed by atoms with Crippen LogP contribution in [0.3, 0.4) is 0 Å². The van der Waals surface area contributed by atoms with Crippen molar-refractivity contribution in [3.05, 3.63) is 192 Å². The van der Waals surface area contributed by atoms with Crippen LogP contribution < -0.4 is 29.6 Å². The van der Waals surface area contributed by atoms with Crippen molar-refractivity contribution in [3.63, 3.8) is 0 Å². The fourth-order valence-electron chi connectivity index (χ4n) is 9.05.